The minimum atomic E-state index is -0.371. The molecule has 1 aliphatic heterocycles. The summed E-state index contributed by atoms with van der Waals surface area (Å²) in [6.07, 6.45) is 1.89. The van der Waals surface area contributed by atoms with E-state index in [-0.39, 0.29) is 17.6 Å². The number of carbonyl (C=O) groups excluding carboxylic acids is 1. The lowest BCUT2D eigenvalue weighted by molar-refractivity contribution is -0.120. The van der Waals surface area contributed by atoms with Gasteiger partial charge in [-0.15, -0.1) is 0 Å². The third-order valence-corrected chi connectivity index (χ3v) is 3.50. The van der Waals surface area contributed by atoms with Gasteiger partial charge in [0.25, 0.3) is 0 Å². The molecule has 0 radical (unpaired) electrons. The highest BCUT2D eigenvalue weighted by molar-refractivity contribution is 9.10. The van der Waals surface area contributed by atoms with E-state index in [4.69, 9.17) is 0 Å². The summed E-state index contributed by atoms with van der Waals surface area (Å²) in [5.74, 6) is -0.432. The molecule has 5 heteroatoms. The number of nitrogens with one attached hydrogen (secondary N) is 2. The topological polar surface area (TPSA) is 41.1 Å². The van der Waals surface area contributed by atoms with E-state index in [1.54, 1.807) is 12.1 Å². The van der Waals surface area contributed by atoms with E-state index in [1.165, 1.54) is 6.07 Å². The standard InChI is InChI=1S/C12H14BrFN2O/c13-10-4-3-9(6-11(10)14)16-12(17)8-2-1-5-15-7-8/h3-4,6,8,15H,1-2,5,7H2,(H,16,17). The lowest BCUT2D eigenvalue weighted by Crippen LogP contribution is -2.37. The molecule has 1 fully saturated rings. The van der Waals surface area contributed by atoms with Crippen molar-refractivity contribution in [2.24, 2.45) is 5.92 Å². The molecule has 1 amide bonds. The third kappa shape index (κ3) is 3.26. The number of hydrogen-bond acceptors (Lipinski definition) is 2. The van der Waals surface area contributed by atoms with Gasteiger partial charge in [-0.1, -0.05) is 0 Å². The van der Waals surface area contributed by atoms with Gasteiger partial charge in [-0.05, 0) is 53.5 Å². The normalized spacial score (nSPS) is 20.0. The molecule has 0 saturated carbocycles. The zero-order chi connectivity index (χ0) is 12.3. The number of piperidine rings is 1. The smallest absolute Gasteiger partial charge is 0.228 e. The zero-order valence-corrected chi connectivity index (χ0v) is 10.9. The molecule has 17 heavy (non-hydrogen) atoms. The number of halogens is 2. The minimum absolute atomic E-state index is 0.0181. The number of anilines is 1. The second-order valence-electron chi connectivity index (χ2n) is 4.16. The van der Waals surface area contributed by atoms with Gasteiger partial charge < -0.3 is 10.6 Å². The van der Waals surface area contributed by atoms with Crippen LogP contribution in [0.15, 0.2) is 22.7 Å². The maximum atomic E-state index is 13.3. The van der Waals surface area contributed by atoms with E-state index in [2.05, 4.69) is 26.6 Å². The molecule has 2 rings (SSSR count). The SMILES string of the molecule is O=C(Nc1ccc(Br)c(F)c1)C1CCCNC1. The Morgan fingerprint density at radius 3 is 3.00 bits per heavy atom. The van der Waals surface area contributed by atoms with Crippen molar-refractivity contribution in [3.05, 3.63) is 28.5 Å². The summed E-state index contributed by atoms with van der Waals surface area (Å²) >= 11 is 3.07. The Morgan fingerprint density at radius 2 is 2.35 bits per heavy atom. The molecule has 2 N–H and O–H groups in total. The van der Waals surface area contributed by atoms with Gasteiger partial charge in [-0.25, -0.2) is 4.39 Å². The number of rotatable bonds is 2. The first-order valence-corrected chi connectivity index (χ1v) is 6.43. The fourth-order valence-electron chi connectivity index (χ4n) is 1.89. The monoisotopic (exact) mass is 300 g/mol. The van der Waals surface area contributed by atoms with Gasteiger partial charge in [-0.2, -0.15) is 0 Å². The molecule has 0 bridgehead atoms. The second kappa shape index (κ2) is 5.60. The van der Waals surface area contributed by atoms with E-state index in [0.717, 1.165) is 19.4 Å². The predicted molar refractivity (Wildman–Crippen MR) is 68.3 cm³/mol. The van der Waals surface area contributed by atoms with E-state index in [9.17, 15) is 9.18 Å². The molecule has 0 spiro atoms. The van der Waals surface area contributed by atoms with E-state index >= 15 is 0 Å². The molecule has 1 atom stereocenters. The molecule has 1 aromatic carbocycles. The number of amides is 1. The summed E-state index contributed by atoms with van der Waals surface area (Å²) in [5, 5.41) is 5.92. The highest BCUT2D eigenvalue weighted by atomic mass is 79.9. The first kappa shape index (κ1) is 12.5. The van der Waals surface area contributed by atoms with Gasteiger partial charge in [0.05, 0.1) is 10.4 Å². The molecular formula is C12H14BrFN2O. The van der Waals surface area contributed by atoms with Crippen LogP contribution in [0.25, 0.3) is 0 Å². The number of hydrogen-bond donors (Lipinski definition) is 2. The fourth-order valence-corrected chi connectivity index (χ4v) is 2.14. The van der Waals surface area contributed by atoms with Gasteiger partial charge in [0, 0.05) is 12.2 Å². The van der Waals surface area contributed by atoms with Crippen LogP contribution in [0, 0.1) is 11.7 Å². The largest absolute Gasteiger partial charge is 0.326 e. The Bertz CT molecular complexity index is 419. The van der Waals surface area contributed by atoms with Crippen LogP contribution in [0.4, 0.5) is 10.1 Å². The molecule has 0 aliphatic carbocycles. The van der Waals surface area contributed by atoms with Crippen LogP contribution in [0.1, 0.15) is 12.8 Å². The second-order valence-corrected chi connectivity index (χ2v) is 5.02. The lowest BCUT2D eigenvalue weighted by atomic mass is 9.99. The van der Waals surface area contributed by atoms with Crippen LogP contribution in [-0.4, -0.2) is 19.0 Å². The molecule has 92 valence electrons. The zero-order valence-electron chi connectivity index (χ0n) is 9.30. The van der Waals surface area contributed by atoms with Gasteiger partial charge in [0.15, 0.2) is 0 Å². The van der Waals surface area contributed by atoms with E-state index in [0.29, 0.717) is 16.7 Å². The number of benzene rings is 1. The summed E-state index contributed by atoms with van der Waals surface area (Å²) in [6, 6.07) is 4.59. The van der Waals surface area contributed by atoms with Gasteiger partial charge in [0.2, 0.25) is 5.91 Å². The Hall–Kier alpha value is -0.940. The van der Waals surface area contributed by atoms with Crippen LogP contribution >= 0.6 is 15.9 Å². The molecule has 3 nitrogen and oxygen atoms in total. The van der Waals surface area contributed by atoms with Crippen LogP contribution < -0.4 is 10.6 Å². The van der Waals surface area contributed by atoms with Crippen molar-refractivity contribution in [1.82, 2.24) is 5.32 Å². The van der Waals surface area contributed by atoms with E-state index in [1.807, 2.05) is 0 Å². The van der Waals surface area contributed by atoms with Crippen molar-refractivity contribution in [3.63, 3.8) is 0 Å². The minimum Gasteiger partial charge on any atom is -0.326 e. The van der Waals surface area contributed by atoms with Crippen molar-refractivity contribution in [1.29, 1.82) is 0 Å². The van der Waals surface area contributed by atoms with Crippen molar-refractivity contribution in [2.75, 3.05) is 18.4 Å². The maximum Gasteiger partial charge on any atom is 0.228 e. The lowest BCUT2D eigenvalue weighted by Gasteiger charge is -2.21. The quantitative estimate of drug-likeness (QED) is 0.881. The number of carbonyl (C=O) groups is 1. The highest BCUT2D eigenvalue weighted by Gasteiger charge is 2.20. The Labute approximate surface area is 108 Å². The summed E-state index contributed by atoms with van der Waals surface area (Å²) in [5.41, 5.74) is 0.501. The molecule has 1 aromatic rings. The summed E-state index contributed by atoms with van der Waals surface area (Å²) in [7, 11) is 0. The van der Waals surface area contributed by atoms with Crippen molar-refractivity contribution < 1.29 is 9.18 Å². The Morgan fingerprint density at radius 1 is 1.53 bits per heavy atom. The van der Waals surface area contributed by atoms with Gasteiger partial charge in [0.1, 0.15) is 5.82 Å². The molecule has 1 saturated heterocycles. The van der Waals surface area contributed by atoms with Crippen LogP contribution in [0.5, 0.6) is 0 Å². The van der Waals surface area contributed by atoms with Crippen LogP contribution in [-0.2, 0) is 4.79 Å². The average Bonchev–Trinajstić information content (AvgIpc) is 2.35. The Kier molecular flexibility index (Phi) is 4.12. The molecule has 0 aromatic heterocycles. The predicted octanol–water partition coefficient (Wildman–Crippen LogP) is 2.53. The van der Waals surface area contributed by atoms with Gasteiger partial charge >= 0.3 is 0 Å². The Balaban J connectivity index is 1.99. The van der Waals surface area contributed by atoms with E-state index < -0.39 is 0 Å². The van der Waals surface area contributed by atoms with Crippen molar-refractivity contribution in [2.45, 2.75) is 12.8 Å². The summed E-state index contributed by atoms with van der Waals surface area (Å²) in [4.78, 5) is 11.9. The molecular weight excluding hydrogens is 287 g/mol. The maximum absolute atomic E-state index is 13.3. The molecule has 1 heterocycles. The van der Waals surface area contributed by atoms with Gasteiger partial charge in [-0.3, -0.25) is 4.79 Å². The van der Waals surface area contributed by atoms with Crippen LogP contribution in [0.3, 0.4) is 0 Å². The van der Waals surface area contributed by atoms with Crippen molar-refractivity contribution in [3.8, 4) is 0 Å². The highest BCUT2D eigenvalue weighted by Crippen LogP contribution is 2.20. The first-order valence-electron chi connectivity index (χ1n) is 5.63. The molecule has 1 unspecified atom stereocenters. The fraction of sp³-hybridized carbons (Fsp3) is 0.417. The molecule has 1 aliphatic rings. The van der Waals surface area contributed by atoms with Crippen LogP contribution in [0.2, 0.25) is 0 Å². The summed E-state index contributed by atoms with van der Waals surface area (Å²) in [6.45, 7) is 1.67. The summed E-state index contributed by atoms with van der Waals surface area (Å²) < 4.78 is 13.7. The average molecular weight is 301 g/mol. The first-order chi connectivity index (χ1) is 8.16. The third-order valence-electron chi connectivity index (χ3n) is 2.85. The van der Waals surface area contributed by atoms with Crippen molar-refractivity contribution >= 4 is 27.5 Å².